The summed E-state index contributed by atoms with van der Waals surface area (Å²) >= 11 is 0. The molecule has 0 spiro atoms. The van der Waals surface area contributed by atoms with Crippen molar-refractivity contribution >= 4 is 9.84 Å². The molecule has 2 aromatic heterocycles. The van der Waals surface area contributed by atoms with Crippen molar-refractivity contribution in [2.45, 2.75) is 25.1 Å². The largest absolute Gasteiger partial charge is 0.311 e. The third-order valence-electron chi connectivity index (χ3n) is 3.54. The maximum atomic E-state index is 11.7. The molecule has 0 aromatic carbocycles. The Morgan fingerprint density at radius 1 is 1.33 bits per heavy atom. The van der Waals surface area contributed by atoms with E-state index in [0.29, 0.717) is 13.1 Å². The zero-order valence-electron chi connectivity index (χ0n) is 12.4. The molecule has 0 aliphatic rings. The third kappa shape index (κ3) is 3.68. The summed E-state index contributed by atoms with van der Waals surface area (Å²) in [6.45, 7) is 4.35. The Labute approximate surface area is 124 Å². The van der Waals surface area contributed by atoms with E-state index in [9.17, 15) is 8.42 Å². The number of rotatable bonds is 6. The summed E-state index contributed by atoms with van der Waals surface area (Å²) in [5.74, 6) is 0. The highest BCUT2D eigenvalue weighted by Crippen LogP contribution is 2.20. The average Bonchev–Trinajstić information content (AvgIpc) is 2.86. The van der Waals surface area contributed by atoms with E-state index in [1.807, 2.05) is 12.1 Å². The van der Waals surface area contributed by atoms with Crippen molar-refractivity contribution in [2.75, 3.05) is 12.8 Å². The first-order valence-corrected chi connectivity index (χ1v) is 8.53. The monoisotopic (exact) mass is 308 g/mol. The Bertz CT molecular complexity index is 693. The van der Waals surface area contributed by atoms with Gasteiger partial charge in [-0.05, 0) is 26.0 Å². The Hall–Kier alpha value is -1.73. The summed E-state index contributed by atoms with van der Waals surface area (Å²) in [7, 11) is -3.10. The topological polar surface area (TPSA) is 87.7 Å². The van der Waals surface area contributed by atoms with Crippen LogP contribution < -0.4 is 5.32 Å². The first-order valence-electron chi connectivity index (χ1n) is 6.64. The van der Waals surface area contributed by atoms with Crippen LogP contribution in [0.15, 0.2) is 30.7 Å². The maximum Gasteiger partial charge on any atom is 0.153 e. The lowest BCUT2D eigenvalue weighted by Crippen LogP contribution is -2.41. The minimum Gasteiger partial charge on any atom is -0.311 e. The van der Waals surface area contributed by atoms with E-state index >= 15 is 0 Å². The van der Waals surface area contributed by atoms with E-state index in [4.69, 9.17) is 0 Å². The summed E-state index contributed by atoms with van der Waals surface area (Å²) in [6.07, 6.45) is 6.47. The Morgan fingerprint density at radius 2 is 2.10 bits per heavy atom. The van der Waals surface area contributed by atoms with E-state index in [1.165, 1.54) is 6.26 Å². The molecule has 0 aliphatic heterocycles. The molecule has 0 saturated heterocycles. The molecule has 21 heavy (non-hydrogen) atoms. The van der Waals surface area contributed by atoms with Crippen LogP contribution in [0, 0.1) is 0 Å². The molecule has 0 aliphatic carbocycles. The number of pyridine rings is 1. The molecule has 6 nitrogen and oxygen atoms in total. The molecule has 2 rings (SSSR count). The highest BCUT2D eigenvalue weighted by Gasteiger charge is 2.29. The van der Waals surface area contributed by atoms with Gasteiger partial charge in [0.25, 0.3) is 0 Å². The summed E-state index contributed by atoms with van der Waals surface area (Å²) in [4.78, 5) is 4.09. The normalized spacial score (nSPS) is 12.5. The molecule has 2 aromatic rings. The quantitative estimate of drug-likeness (QED) is 0.842. The van der Waals surface area contributed by atoms with Crippen molar-refractivity contribution in [3.05, 3.63) is 36.3 Å². The summed E-state index contributed by atoms with van der Waals surface area (Å²) < 4.78 is 22.5. The number of H-pyrrole nitrogens is 1. The number of nitrogens with one attached hydrogen (secondary N) is 2. The van der Waals surface area contributed by atoms with Crippen LogP contribution in [0.4, 0.5) is 0 Å². The van der Waals surface area contributed by atoms with Gasteiger partial charge in [-0.25, -0.2) is 8.42 Å². The highest BCUT2D eigenvalue weighted by atomic mass is 32.2. The van der Waals surface area contributed by atoms with Gasteiger partial charge in [0.2, 0.25) is 0 Å². The maximum absolute atomic E-state index is 11.7. The molecule has 0 fully saturated rings. The molecule has 2 heterocycles. The second kappa shape index (κ2) is 5.95. The lowest BCUT2D eigenvalue weighted by atomic mass is 10.1. The smallest absolute Gasteiger partial charge is 0.153 e. The first kappa shape index (κ1) is 15.7. The van der Waals surface area contributed by atoms with Crippen LogP contribution in [0.5, 0.6) is 0 Å². The van der Waals surface area contributed by atoms with Crippen molar-refractivity contribution < 1.29 is 8.42 Å². The zero-order chi connectivity index (χ0) is 15.5. The van der Waals surface area contributed by atoms with Gasteiger partial charge in [0.1, 0.15) is 0 Å². The van der Waals surface area contributed by atoms with Crippen LogP contribution in [0.1, 0.15) is 19.4 Å². The standard InChI is InChI=1S/C14H20N4O2S/c1-14(2,21(3,19)20)10-16-8-12-9-17-18-13(12)11-5-4-6-15-7-11/h4-7,9,16H,8,10H2,1-3H3,(H,17,18). The molecule has 7 heteroatoms. The van der Waals surface area contributed by atoms with Crippen LogP contribution >= 0.6 is 0 Å². The molecule has 0 bridgehead atoms. The van der Waals surface area contributed by atoms with E-state index < -0.39 is 14.6 Å². The number of aromatic nitrogens is 3. The minimum absolute atomic E-state index is 0.378. The van der Waals surface area contributed by atoms with Gasteiger partial charge in [-0.2, -0.15) is 5.10 Å². The van der Waals surface area contributed by atoms with E-state index in [2.05, 4.69) is 20.5 Å². The minimum atomic E-state index is -3.10. The summed E-state index contributed by atoms with van der Waals surface area (Å²) in [6, 6.07) is 3.81. The molecule has 0 radical (unpaired) electrons. The number of sulfone groups is 1. The molecule has 0 saturated carbocycles. The number of aromatic amines is 1. The van der Waals surface area contributed by atoms with Crippen LogP contribution in [0.2, 0.25) is 0 Å². The molecule has 0 amide bonds. The Balaban J connectivity index is 2.05. The van der Waals surface area contributed by atoms with Crippen molar-refractivity contribution in [2.24, 2.45) is 0 Å². The second-order valence-electron chi connectivity index (χ2n) is 5.65. The van der Waals surface area contributed by atoms with E-state index in [0.717, 1.165) is 16.8 Å². The van der Waals surface area contributed by atoms with Gasteiger partial charge in [-0.15, -0.1) is 0 Å². The summed E-state index contributed by atoms with van der Waals surface area (Å²) in [5.41, 5.74) is 2.83. The number of hydrogen-bond donors (Lipinski definition) is 2. The molecular formula is C14H20N4O2S. The van der Waals surface area contributed by atoms with Crippen LogP contribution in [0.3, 0.4) is 0 Å². The zero-order valence-corrected chi connectivity index (χ0v) is 13.2. The van der Waals surface area contributed by atoms with Crippen LogP contribution in [-0.2, 0) is 16.4 Å². The Morgan fingerprint density at radius 3 is 2.71 bits per heavy atom. The lowest BCUT2D eigenvalue weighted by Gasteiger charge is -2.22. The Kier molecular flexibility index (Phi) is 4.43. The fourth-order valence-corrected chi connectivity index (χ4v) is 2.20. The molecule has 114 valence electrons. The number of nitrogens with zero attached hydrogens (tertiary/aromatic N) is 2. The van der Waals surface area contributed by atoms with Gasteiger partial charge in [0.15, 0.2) is 9.84 Å². The summed E-state index contributed by atoms with van der Waals surface area (Å²) in [5, 5.41) is 10.2. The molecule has 0 atom stereocenters. The van der Waals surface area contributed by atoms with Gasteiger partial charge in [-0.1, -0.05) is 0 Å². The van der Waals surface area contributed by atoms with Crippen molar-refractivity contribution in [3.63, 3.8) is 0 Å². The van der Waals surface area contributed by atoms with E-state index in [1.54, 1.807) is 32.4 Å². The first-order chi connectivity index (χ1) is 9.81. The fourth-order valence-electron chi connectivity index (χ4n) is 1.84. The van der Waals surface area contributed by atoms with E-state index in [-0.39, 0.29) is 0 Å². The average molecular weight is 308 g/mol. The van der Waals surface area contributed by atoms with Gasteiger partial charge in [-0.3, -0.25) is 10.1 Å². The molecular weight excluding hydrogens is 288 g/mol. The third-order valence-corrected chi connectivity index (χ3v) is 5.69. The van der Waals surface area contributed by atoms with Gasteiger partial charge < -0.3 is 5.32 Å². The van der Waals surface area contributed by atoms with Crippen molar-refractivity contribution in [3.8, 4) is 11.3 Å². The predicted octanol–water partition coefficient (Wildman–Crippen LogP) is 1.38. The molecule has 0 unspecified atom stereocenters. The van der Waals surface area contributed by atoms with Crippen molar-refractivity contribution in [1.82, 2.24) is 20.5 Å². The SMILES string of the molecule is CC(C)(CNCc1cn[nH]c1-c1cccnc1)S(C)(=O)=O. The van der Waals surface area contributed by atoms with Gasteiger partial charge in [0, 0.05) is 42.9 Å². The van der Waals surface area contributed by atoms with Crippen molar-refractivity contribution in [1.29, 1.82) is 0 Å². The second-order valence-corrected chi connectivity index (χ2v) is 8.30. The van der Waals surface area contributed by atoms with Crippen LogP contribution in [0.25, 0.3) is 11.3 Å². The predicted molar refractivity (Wildman–Crippen MR) is 82.4 cm³/mol. The molecule has 2 N–H and O–H groups in total. The van der Waals surface area contributed by atoms with Crippen LogP contribution in [-0.4, -0.2) is 41.1 Å². The van der Waals surface area contributed by atoms with Gasteiger partial charge >= 0.3 is 0 Å². The fraction of sp³-hybridized carbons (Fsp3) is 0.429. The number of hydrogen-bond acceptors (Lipinski definition) is 5. The lowest BCUT2D eigenvalue weighted by molar-refractivity contribution is 0.521. The highest BCUT2D eigenvalue weighted by molar-refractivity contribution is 7.92. The van der Waals surface area contributed by atoms with Gasteiger partial charge in [0.05, 0.1) is 16.6 Å².